The Bertz CT molecular complexity index is 728. The molecule has 0 atom stereocenters. The van der Waals surface area contributed by atoms with E-state index in [9.17, 15) is 4.79 Å². The van der Waals surface area contributed by atoms with Gasteiger partial charge in [-0.05, 0) is 11.5 Å². The van der Waals surface area contributed by atoms with Crippen molar-refractivity contribution < 1.29 is 4.79 Å². The van der Waals surface area contributed by atoms with Crippen molar-refractivity contribution in [2.45, 2.75) is 0 Å². The molecule has 0 fully saturated rings. The number of carbonyl (C=O) groups is 1. The first-order chi connectivity index (χ1) is 8.81. The number of nitrogens with zero attached hydrogens (tertiary/aromatic N) is 2. The van der Waals surface area contributed by atoms with Crippen LogP contribution in [0.5, 0.6) is 0 Å². The van der Waals surface area contributed by atoms with Gasteiger partial charge in [-0.3, -0.25) is 9.36 Å². The van der Waals surface area contributed by atoms with Gasteiger partial charge in [-0.25, -0.2) is 4.98 Å². The molecule has 1 aromatic heterocycles. The Morgan fingerprint density at radius 1 is 1.11 bits per heavy atom. The third-order valence-corrected chi connectivity index (χ3v) is 3.19. The number of halogens is 1. The van der Waals surface area contributed by atoms with Crippen LogP contribution in [0.25, 0.3) is 16.5 Å². The van der Waals surface area contributed by atoms with Crippen LogP contribution in [0, 0.1) is 0 Å². The highest BCUT2D eigenvalue weighted by molar-refractivity contribution is 6.31. The van der Waals surface area contributed by atoms with Crippen LogP contribution in [-0.2, 0) is 0 Å². The average Bonchev–Trinajstić information content (AvgIpc) is 2.79. The molecule has 0 saturated heterocycles. The van der Waals surface area contributed by atoms with Gasteiger partial charge in [0.2, 0.25) is 0 Å². The summed E-state index contributed by atoms with van der Waals surface area (Å²) in [7, 11) is 0. The predicted octanol–water partition coefficient (Wildman–Crippen LogP) is 3.49. The van der Waals surface area contributed by atoms with Crippen LogP contribution in [0.2, 0.25) is 5.15 Å². The molecule has 0 amide bonds. The molecule has 0 aliphatic rings. The van der Waals surface area contributed by atoms with Crippen molar-refractivity contribution in [3.8, 4) is 5.69 Å². The lowest BCUT2D eigenvalue weighted by atomic mass is 10.1. The van der Waals surface area contributed by atoms with Crippen LogP contribution in [0.4, 0.5) is 0 Å². The number of hydrogen-bond acceptors (Lipinski definition) is 2. The smallest absolute Gasteiger partial charge is 0.170 e. The van der Waals surface area contributed by atoms with Crippen LogP contribution >= 0.6 is 11.6 Å². The minimum atomic E-state index is 0.220. The summed E-state index contributed by atoms with van der Waals surface area (Å²) in [5.74, 6) is 0. The fourth-order valence-corrected chi connectivity index (χ4v) is 2.23. The highest BCUT2D eigenvalue weighted by atomic mass is 35.5. The zero-order valence-electron chi connectivity index (χ0n) is 9.38. The van der Waals surface area contributed by atoms with Gasteiger partial charge in [0.25, 0.3) is 0 Å². The maximum absolute atomic E-state index is 11.1. The summed E-state index contributed by atoms with van der Waals surface area (Å²) in [6.45, 7) is 0. The number of benzene rings is 2. The third-order valence-electron chi connectivity index (χ3n) is 2.90. The number of aromatic nitrogens is 2. The second kappa shape index (κ2) is 4.27. The van der Waals surface area contributed by atoms with E-state index in [0.717, 1.165) is 22.7 Å². The maximum atomic E-state index is 11.1. The van der Waals surface area contributed by atoms with E-state index in [1.807, 2.05) is 42.5 Å². The molecule has 0 aliphatic heterocycles. The molecule has 0 saturated carbocycles. The normalized spacial score (nSPS) is 10.7. The van der Waals surface area contributed by atoms with Gasteiger partial charge in [-0.2, -0.15) is 0 Å². The lowest BCUT2D eigenvalue weighted by Crippen LogP contribution is -1.98. The Balaban J connectivity index is 2.35. The molecule has 0 unspecified atom stereocenters. The van der Waals surface area contributed by atoms with Crippen molar-refractivity contribution >= 4 is 28.7 Å². The number of carbonyl (C=O) groups excluding carboxylic acids is 1. The number of fused-ring (bicyclic) bond motifs is 1. The lowest BCUT2D eigenvalue weighted by Gasteiger charge is -2.08. The average molecular weight is 257 g/mol. The van der Waals surface area contributed by atoms with Gasteiger partial charge in [0.05, 0.1) is 5.69 Å². The molecule has 1 heterocycles. The molecular formula is C14H9ClN2O. The van der Waals surface area contributed by atoms with Crippen LogP contribution in [0.3, 0.4) is 0 Å². The van der Waals surface area contributed by atoms with Gasteiger partial charge in [0.15, 0.2) is 11.4 Å². The van der Waals surface area contributed by atoms with Crippen LogP contribution in [0.1, 0.15) is 10.5 Å². The SMILES string of the molecule is O=Cc1c(Cl)ncn1-c1cccc2ccccc12. The summed E-state index contributed by atoms with van der Waals surface area (Å²) in [6.07, 6.45) is 2.28. The number of imidazole rings is 1. The van der Waals surface area contributed by atoms with Gasteiger partial charge in [-0.15, -0.1) is 0 Å². The second-order valence-corrected chi connectivity index (χ2v) is 4.26. The predicted molar refractivity (Wildman–Crippen MR) is 71.5 cm³/mol. The Hall–Kier alpha value is -2.13. The number of aldehydes is 1. The molecule has 0 spiro atoms. The van der Waals surface area contributed by atoms with Gasteiger partial charge in [0, 0.05) is 5.39 Å². The molecule has 0 radical (unpaired) electrons. The zero-order valence-corrected chi connectivity index (χ0v) is 10.1. The molecule has 0 bridgehead atoms. The minimum Gasteiger partial charge on any atom is -0.296 e. The molecule has 3 nitrogen and oxygen atoms in total. The highest BCUT2D eigenvalue weighted by Gasteiger charge is 2.11. The third kappa shape index (κ3) is 1.60. The van der Waals surface area contributed by atoms with Crippen molar-refractivity contribution in [2.75, 3.05) is 0 Å². The van der Waals surface area contributed by atoms with E-state index in [2.05, 4.69) is 4.98 Å². The molecule has 2 aromatic carbocycles. The summed E-state index contributed by atoms with van der Waals surface area (Å²) >= 11 is 5.88. The van der Waals surface area contributed by atoms with Gasteiger partial charge < -0.3 is 0 Å². The van der Waals surface area contributed by atoms with Crippen molar-refractivity contribution in [3.05, 3.63) is 59.6 Å². The number of rotatable bonds is 2. The van der Waals surface area contributed by atoms with Crippen LogP contribution < -0.4 is 0 Å². The molecule has 0 aliphatic carbocycles. The molecule has 0 N–H and O–H groups in total. The first kappa shape index (κ1) is 11.0. The summed E-state index contributed by atoms with van der Waals surface area (Å²) in [5, 5.41) is 2.38. The van der Waals surface area contributed by atoms with Crippen molar-refractivity contribution in [2.24, 2.45) is 0 Å². The molecule has 18 heavy (non-hydrogen) atoms. The molecule has 3 aromatic rings. The molecule has 88 valence electrons. The van der Waals surface area contributed by atoms with E-state index in [1.54, 1.807) is 10.9 Å². The fraction of sp³-hybridized carbons (Fsp3) is 0. The second-order valence-electron chi connectivity index (χ2n) is 3.91. The fourth-order valence-electron chi connectivity index (χ4n) is 2.05. The van der Waals surface area contributed by atoms with E-state index < -0.39 is 0 Å². The number of hydrogen-bond donors (Lipinski definition) is 0. The van der Waals surface area contributed by atoms with E-state index in [0.29, 0.717) is 5.69 Å². The largest absolute Gasteiger partial charge is 0.296 e. The van der Waals surface area contributed by atoms with Gasteiger partial charge in [-0.1, -0.05) is 48.0 Å². The highest BCUT2D eigenvalue weighted by Crippen LogP contribution is 2.24. The van der Waals surface area contributed by atoms with Gasteiger partial charge >= 0.3 is 0 Å². The van der Waals surface area contributed by atoms with E-state index in [1.165, 1.54) is 0 Å². The van der Waals surface area contributed by atoms with Crippen LogP contribution in [0.15, 0.2) is 48.8 Å². The van der Waals surface area contributed by atoms with Crippen molar-refractivity contribution in [3.63, 3.8) is 0 Å². The Kier molecular flexibility index (Phi) is 2.61. The van der Waals surface area contributed by atoms with E-state index in [-0.39, 0.29) is 5.15 Å². The maximum Gasteiger partial charge on any atom is 0.170 e. The first-order valence-corrected chi connectivity index (χ1v) is 5.85. The van der Waals surface area contributed by atoms with Crippen molar-refractivity contribution in [1.29, 1.82) is 0 Å². The van der Waals surface area contributed by atoms with Crippen LogP contribution in [-0.4, -0.2) is 15.8 Å². The van der Waals surface area contributed by atoms with E-state index in [4.69, 9.17) is 11.6 Å². The summed E-state index contributed by atoms with van der Waals surface area (Å²) in [6, 6.07) is 13.9. The monoisotopic (exact) mass is 256 g/mol. The molecule has 4 heteroatoms. The molecule has 3 rings (SSSR count). The minimum absolute atomic E-state index is 0.220. The topological polar surface area (TPSA) is 34.9 Å². The standard InChI is InChI=1S/C14H9ClN2O/c15-14-13(8-18)17(9-16-14)12-7-3-5-10-4-1-2-6-11(10)12/h1-9H. The summed E-state index contributed by atoms with van der Waals surface area (Å²) in [4.78, 5) is 15.0. The first-order valence-electron chi connectivity index (χ1n) is 5.47. The Labute approximate surface area is 109 Å². The quantitative estimate of drug-likeness (QED) is 0.658. The van der Waals surface area contributed by atoms with Gasteiger partial charge in [0.1, 0.15) is 12.0 Å². The Morgan fingerprint density at radius 2 is 1.89 bits per heavy atom. The summed E-state index contributed by atoms with van der Waals surface area (Å²) in [5.41, 5.74) is 1.27. The lowest BCUT2D eigenvalue weighted by molar-refractivity contribution is 0.111. The summed E-state index contributed by atoms with van der Waals surface area (Å²) < 4.78 is 1.71. The van der Waals surface area contributed by atoms with Crippen molar-refractivity contribution in [1.82, 2.24) is 9.55 Å². The Morgan fingerprint density at radius 3 is 2.72 bits per heavy atom. The zero-order chi connectivity index (χ0) is 12.5. The van der Waals surface area contributed by atoms with E-state index >= 15 is 0 Å². The molecular weight excluding hydrogens is 248 g/mol.